The Morgan fingerprint density at radius 2 is 2.75 bits per heavy atom. The molecule has 1 radical (unpaired) electrons. The lowest BCUT2D eigenvalue weighted by Crippen LogP contribution is -2.01. The highest BCUT2D eigenvalue weighted by molar-refractivity contribution is 8.15. The van der Waals surface area contributed by atoms with Crippen molar-refractivity contribution in [2.45, 2.75) is 13.5 Å². The van der Waals surface area contributed by atoms with Gasteiger partial charge in [0.15, 0.2) is 0 Å². The van der Waals surface area contributed by atoms with Crippen LogP contribution in [0.1, 0.15) is 11.4 Å². The van der Waals surface area contributed by atoms with Crippen LogP contribution in [-0.4, -0.2) is 18.4 Å². The molecule has 12 heavy (non-hydrogen) atoms. The first-order chi connectivity index (χ1) is 6.24. The molecule has 4 nitrogen and oxygen atoms in total. The van der Waals surface area contributed by atoms with Gasteiger partial charge in [-0.15, -0.1) is 0 Å². The number of hydrogen-bond acceptors (Lipinski definition) is 5. The third-order valence-corrected chi connectivity index (χ3v) is 1.55. The SMILES string of the molecule is [3H][B]SOCc1cnc(C)nc1N. The Balaban J connectivity index is 2.56. The molecule has 0 aliphatic rings. The Kier molecular flexibility index (Phi) is 2.84. The molecule has 0 atom stereocenters. The lowest BCUT2D eigenvalue weighted by atomic mass is 10.3. The number of aryl methyl sites for hydroxylation is 1. The van der Waals surface area contributed by atoms with Gasteiger partial charge in [-0.1, -0.05) is 11.9 Å². The van der Waals surface area contributed by atoms with Crippen molar-refractivity contribution in [3.8, 4) is 0 Å². The topological polar surface area (TPSA) is 61.0 Å². The molecule has 0 unspecified atom stereocenters. The molecule has 0 fully saturated rings. The van der Waals surface area contributed by atoms with Gasteiger partial charge in [0, 0.05) is 11.8 Å². The Labute approximate surface area is 77.8 Å². The largest absolute Gasteiger partial charge is 0.383 e. The van der Waals surface area contributed by atoms with Gasteiger partial charge in [0.25, 0.3) is 0 Å². The van der Waals surface area contributed by atoms with Crippen LogP contribution in [-0.2, 0) is 10.8 Å². The number of aromatic nitrogens is 2. The zero-order chi connectivity index (χ0) is 9.68. The van der Waals surface area contributed by atoms with E-state index in [9.17, 15) is 0 Å². The van der Waals surface area contributed by atoms with Crippen molar-refractivity contribution in [3.63, 3.8) is 0 Å². The molecule has 0 bridgehead atoms. The maximum absolute atomic E-state index is 6.71. The van der Waals surface area contributed by atoms with E-state index in [0.29, 0.717) is 18.2 Å². The van der Waals surface area contributed by atoms with Crippen molar-refractivity contribution in [1.82, 2.24) is 9.97 Å². The molecule has 1 heterocycles. The van der Waals surface area contributed by atoms with E-state index in [0.717, 1.165) is 24.5 Å². The number of anilines is 1. The van der Waals surface area contributed by atoms with Gasteiger partial charge in [-0.3, -0.25) is 0 Å². The summed E-state index contributed by atoms with van der Waals surface area (Å²) in [5.41, 5.74) is 6.34. The predicted octanol–water partition coefficient (Wildman–Crippen LogP) is 0.348. The van der Waals surface area contributed by atoms with Crippen LogP contribution in [0.25, 0.3) is 0 Å². The molecule has 6 heteroatoms. The number of nitrogens with two attached hydrogens (primary N) is 1. The Bertz CT molecular complexity index is 289. The Morgan fingerprint density at radius 1 is 1.92 bits per heavy atom. The summed E-state index contributed by atoms with van der Waals surface area (Å²) in [4.78, 5) is 7.95. The quantitative estimate of drug-likeness (QED) is 0.415. The first kappa shape index (κ1) is 7.88. The van der Waals surface area contributed by atoms with E-state index in [-0.39, 0.29) is 0 Å². The summed E-state index contributed by atoms with van der Waals surface area (Å²) in [6.45, 7) is 2.08. The fourth-order valence-corrected chi connectivity index (χ4v) is 0.916. The predicted molar refractivity (Wildman–Crippen MR) is 50.7 cm³/mol. The number of nitrogens with zero attached hydrogens (tertiary/aromatic N) is 2. The van der Waals surface area contributed by atoms with E-state index in [1.165, 1.54) is 0 Å². The number of nitrogen functional groups attached to an aromatic ring is 1. The van der Waals surface area contributed by atoms with Crippen LogP contribution < -0.4 is 5.73 Å². The van der Waals surface area contributed by atoms with Crippen LogP contribution >= 0.6 is 11.9 Å². The monoisotopic (exact) mass is 184 g/mol. The molecule has 1 aromatic heterocycles. The van der Waals surface area contributed by atoms with Crippen LogP contribution in [0, 0.1) is 6.92 Å². The Hall–Kier alpha value is -0.745. The summed E-state index contributed by atoms with van der Waals surface area (Å²) in [6, 6.07) is 0. The molecule has 0 amide bonds. The molecule has 0 aliphatic heterocycles. The van der Waals surface area contributed by atoms with E-state index in [2.05, 4.69) is 9.97 Å². The van der Waals surface area contributed by atoms with Gasteiger partial charge >= 0.3 is 0 Å². The minimum absolute atomic E-state index is 0.312. The smallest absolute Gasteiger partial charge is 0.209 e. The fraction of sp³-hybridized carbons (Fsp3) is 0.333. The van der Waals surface area contributed by atoms with Crippen molar-refractivity contribution in [3.05, 3.63) is 17.6 Å². The van der Waals surface area contributed by atoms with E-state index in [1.54, 1.807) is 13.1 Å². The van der Waals surface area contributed by atoms with Gasteiger partial charge in [0.1, 0.15) is 11.6 Å². The minimum Gasteiger partial charge on any atom is -0.383 e. The maximum Gasteiger partial charge on any atom is 0.209 e. The second-order valence-electron chi connectivity index (χ2n) is 2.19. The zero-order valence-corrected chi connectivity index (χ0v) is 7.47. The van der Waals surface area contributed by atoms with E-state index in [4.69, 9.17) is 11.3 Å². The van der Waals surface area contributed by atoms with Gasteiger partial charge in [0.2, 0.25) is 7.09 Å². The van der Waals surface area contributed by atoms with Crippen molar-refractivity contribution >= 4 is 24.8 Å². The fourth-order valence-electron chi connectivity index (χ4n) is 0.721. The second kappa shape index (κ2) is 4.32. The highest BCUT2D eigenvalue weighted by Crippen LogP contribution is 2.10. The molecule has 1 aromatic rings. The average molecular weight is 184 g/mol. The summed E-state index contributed by atoms with van der Waals surface area (Å²) in [6.07, 6.45) is 1.63. The van der Waals surface area contributed by atoms with E-state index >= 15 is 0 Å². The normalized spacial score (nSPS) is 10.9. The standard InChI is InChI=1S/C6H9BN3OS/c1-4-9-2-5(3-11-12-7)6(8)10-4/h2,7H,3H2,1H3,(H2,8,9,10)/i7T. The lowest BCUT2D eigenvalue weighted by molar-refractivity contribution is 0.369. The van der Waals surface area contributed by atoms with Crippen LogP contribution in [0.3, 0.4) is 0 Å². The summed E-state index contributed by atoms with van der Waals surface area (Å²) >= 11 is 0.946. The summed E-state index contributed by atoms with van der Waals surface area (Å²) in [7, 11) is 1.10. The van der Waals surface area contributed by atoms with Crippen LogP contribution in [0.15, 0.2) is 6.20 Å². The number of hydrogen-bond donors (Lipinski definition) is 1. The van der Waals surface area contributed by atoms with Gasteiger partial charge in [-0.2, -0.15) is 0 Å². The van der Waals surface area contributed by atoms with Crippen molar-refractivity contribution < 1.29 is 4.18 Å². The third-order valence-electron chi connectivity index (χ3n) is 1.30. The first-order valence-electron chi connectivity index (χ1n) is 3.88. The molecule has 0 saturated heterocycles. The summed E-state index contributed by atoms with van der Waals surface area (Å²) < 4.78 is 11.7. The highest BCUT2D eigenvalue weighted by atomic mass is 32.2. The lowest BCUT2D eigenvalue weighted by Gasteiger charge is -2.03. The van der Waals surface area contributed by atoms with E-state index < -0.39 is 0 Å². The highest BCUT2D eigenvalue weighted by Gasteiger charge is 2.00. The Morgan fingerprint density at radius 3 is 3.42 bits per heavy atom. The third kappa shape index (κ3) is 2.39. The molecule has 2 N–H and O–H groups in total. The molecule has 1 rings (SSSR count). The molecular formula is C6H9BN3OS. The van der Waals surface area contributed by atoms with Crippen LogP contribution in [0.5, 0.6) is 0 Å². The molecule has 63 valence electrons. The van der Waals surface area contributed by atoms with Gasteiger partial charge < -0.3 is 9.92 Å². The molecule has 0 spiro atoms. The van der Waals surface area contributed by atoms with Gasteiger partial charge in [-0.25, -0.2) is 9.97 Å². The van der Waals surface area contributed by atoms with Crippen molar-refractivity contribution in [2.75, 3.05) is 5.73 Å². The summed E-state index contributed by atoms with van der Waals surface area (Å²) in [5.74, 6) is 1.07. The second-order valence-corrected chi connectivity index (χ2v) is 2.61. The van der Waals surface area contributed by atoms with Crippen LogP contribution in [0.4, 0.5) is 5.82 Å². The molecule has 0 saturated carbocycles. The maximum atomic E-state index is 6.71. The summed E-state index contributed by atoms with van der Waals surface area (Å²) in [5, 5.41) is 0. The molecule has 0 aliphatic carbocycles. The first-order valence-corrected chi connectivity index (χ1v) is 4.11. The molecule has 0 aromatic carbocycles. The van der Waals surface area contributed by atoms with Gasteiger partial charge in [0.05, 0.1) is 6.61 Å². The van der Waals surface area contributed by atoms with E-state index in [1.807, 2.05) is 0 Å². The zero-order valence-electron chi connectivity index (χ0n) is 7.65. The van der Waals surface area contributed by atoms with Crippen LogP contribution in [0.2, 0.25) is 0 Å². The van der Waals surface area contributed by atoms with Gasteiger partial charge in [-0.05, 0) is 8.26 Å². The number of rotatable bonds is 4. The average Bonchev–Trinajstić information content (AvgIpc) is 2.09. The molecular weight excluding hydrogens is 173 g/mol. The van der Waals surface area contributed by atoms with Crippen molar-refractivity contribution in [2.24, 2.45) is 0 Å². The minimum atomic E-state index is 0.312. The van der Waals surface area contributed by atoms with Crippen molar-refractivity contribution in [1.29, 1.82) is 1.34 Å².